The summed E-state index contributed by atoms with van der Waals surface area (Å²) in [6.07, 6.45) is 10.5. The Labute approximate surface area is 161 Å². The average Bonchev–Trinajstić information content (AvgIpc) is 3.10. The average molecular weight is 367 g/mol. The molecule has 4 rings (SSSR count). The third-order valence-corrected chi connectivity index (χ3v) is 6.18. The number of amides is 1. The quantitative estimate of drug-likeness (QED) is 0.834. The van der Waals surface area contributed by atoms with Gasteiger partial charge in [-0.05, 0) is 61.9 Å². The first-order valence-corrected chi connectivity index (χ1v) is 10.3. The predicted octanol–water partition coefficient (Wildman–Crippen LogP) is 3.14. The minimum atomic E-state index is 0.361. The number of hydrogen-bond acceptors (Lipinski definition) is 4. The highest BCUT2D eigenvalue weighted by atomic mass is 16.2. The molecule has 0 radical (unpaired) electrons. The molecule has 144 valence electrons. The van der Waals surface area contributed by atoms with Crippen molar-refractivity contribution < 1.29 is 4.79 Å². The van der Waals surface area contributed by atoms with E-state index in [-0.39, 0.29) is 0 Å². The Kier molecular flexibility index (Phi) is 5.67. The topological polar surface area (TPSA) is 49.3 Å². The van der Waals surface area contributed by atoms with Crippen LogP contribution in [0.3, 0.4) is 0 Å². The van der Waals surface area contributed by atoms with Crippen LogP contribution in [0.2, 0.25) is 0 Å². The summed E-state index contributed by atoms with van der Waals surface area (Å²) in [5.74, 6) is 1.41. The van der Waals surface area contributed by atoms with Crippen LogP contribution < -0.4 is 0 Å². The molecule has 1 aliphatic heterocycles. The lowest BCUT2D eigenvalue weighted by atomic mass is 9.97. The fraction of sp³-hybridized carbons (Fsp3) is 0.591. The first kappa shape index (κ1) is 18.4. The largest absolute Gasteiger partial charge is 0.341 e. The normalized spacial score (nSPS) is 22.3. The van der Waals surface area contributed by atoms with Crippen molar-refractivity contribution in [1.82, 2.24) is 19.8 Å². The number of rotatable bonds is 4. The Morgan fingerprint density at radius 3 is 2.78 bits per heavy atom. The van der Waals surface area contributed by atoms with Crippen molar-refractivity contribution >= 4 is 16.9 Å². The molecule has 2 aliphatic rings. The molecule has 1 saturated heterocycles. The third-order valence-electron chi connectivity index (χ3n) is 6.18. The zero-order chi connectivity index (χ0) is 18.6. The second kappa shape index (κ2) is 8.34. The van der Waals surface area contributed by atoms with Gasteiger partial charge in [0, 0.05) is 45.0 Å². The number of hydrogen-bond donors (Lipinski definition) is 0. The minimum Gasteiger partial charge on any atom is -0.341 e. The Morgan fingerprint density at radius 2 is 1.93 bits per heavy atom. The van der Waals surface area contributed by atoms with Crippen LogP contribution in [0.25, 0.3) is 11.0 Å². The summed E-state index contributed by atoms with van der Waals surface area (Å²) in [6.45, 7) is 3.69. The molecular formula is C22H30N4O. The van der Waals surface area contributed by atoms with Crippen LogP contribution in [0.1, 0.15) is 37.7 Å². The smallest absolute Gasteiger partial charge is 0.222 e. The molecule has 1 aliphatic carbocycles. The third kappa shape index (κ3) is 4.46. The second-order valence-electron chi connectivity index (χ2n) is 8.37. The standard InChI is InChI=1S/C22H30N4O/c1-25-11-12-26(21(27)14-17-5-2-3-6-17)16-18(15-25)13-19-8-10-23-20-7-4-9-24-22(19)20/h4,7-10,17-18H,2-3,5-6,11-16H2,1H3/t18-/m1/s1. The molecule has 5 heteroatoms. The number of likely N-dealkylation sites (N-methyl/N-ethyl adjacent to an activating group) is 1. The summed E-state index contributed by atoms with van der Waals surface area (Å²) in [4.78, 5) is 26.4. The molecule has 27 heavy (non-hydrogen) atoms. The maximum atomic E-state index is 12.9. The molecular weight excluding hydrogens is 336 g/mol. The molecule has 0 aromatic carbocycles. The van der Waals surface area contributed by atoms with Gasteiger partial charge in [0.25, 0.3) is 0 Å². The maximum absolute atomic E-state index is 12.9. The molecule has 1 atom stereocenters. The fourth-order valence-electron chi connectivity index (χ4n) is 4.74. The van der Waals surface area contributed by atoms with Crippen LogP contribution in [-0.2, 0) is 11.2 Å². The molecule has 0 unspecified atom stereocenters. The van der Waals surface area contributed by atoms with Crippen molar-refractivity contribution in [2.24, 2.45) is 11.8 Å². The maximum Gasteiger partial charge on any atom is 0.222 e. The van der Waals surface area contributed by atoms with Gasteiger partial charge in [-0.3, -0.25) is 14.8 Å². The van der Waals surface area contributed by atoms with Gasteiger partial charge in [0.05, 0.1) is 11.0 Å². The summed E-state index contributed by atoms with van der Waals surface area (Å²) in [6, 6.07) is 6.04. The molecule has 2 fully saturated rings. The molecule has 2 aromatic rings. The summed E-state index contributed by atoms with van der Waals surface area (Å²) < 4.78 is 0. The van der Waals surface area contributed by atoms with Gasteiger partial charge in [-0.2, -0.15) is 0 Å². The number of aromatic nitrogens is 2. The van der Waals surface area contributed by atoms with Crippen LogP contribution in [0.15, 0.2) is 30.6 Å². The molecule has 3 heterocycles. The molecule has 0 bridgehead atoms. The van der Waals surface area contributed by atoms with E-state index < -0.39 is 0 Å². The van der Waals surface area contributed by atoms with E-state index in [1.807, 2.05) is 24.5 Å². The van der Waals surface area contributed by atoms with Gasteiger partial charge < -0.3 is 9.80 Å². The van der Waals surface area contributed by atoms with Crippen molar-refractivity contribution in [3.63, 3.8) is 0 Å². The van der Waals surface area contributed by atoms with Gasteiger partial charge >= 0.3 is 0 Å². The zero-order valence-electron chi connectivity index (χ0n) is 16.3. The monoisotopic (exact) mass is 366 g/mol. The number of fused-ring (bicyclic) bond motifs is 1. The van der Waals surface area contributed by atoms with Crippen molar-refractivity contribution in [1.29, 1.82) is 0 Å². The number of pyridine rings is 2. The van der Waals surface area contributed by atoms with E-state index in [0.717, 1.165) is 50.1 Å². The lowest BCUT2D eigenvalue weighted by Crippen LogP contribution is -2.37. The van der Waals surface area contributed by atoms with Crippen LogP contribution in [0, 0.1) is 11.8 Å². The van der Waals surface area contributed by atoms with Crippen molar-refractivity contribution in [2.75, 3.05) is 33.2 Å². The van der Waals surface area contributed by atoms with Gasteiger partial charge in [-0.15, -0.1) is 0 Å². The van der Waals surface area contributed by atoms with E-state index in [1.54, 1.807) is 0 Å². The summed E-state index contributed by atoms with van der Waals surface area (Å²) in [5.41, 5.74) is 3.19. The zero-order valence-corrected chi connectivity index (χ0v) is 16.3. The van der Waals surface area contributed by atoms with E-state index in [0.29, 0.717) is 17.7 Å². The van der Waals surface area contributed by atoms with Gasteiger partial charge in [-0.25, -0.2) is 0 Å². The number of nitrogens with zero attached hydrogens (tertiary/aromatic N) is 4. The second-order valence-corrected chi connectivity index (χ2v) is 8.37. The number of carbonyl (C=O) groups excluding carboxylic acids is 1. The molecule has 0 spiro atoms. The van der Waals surface area contributed by atoms with Gasteiger partial charge in [0.1, 0.15) is 0 Å². The predicted molar refractivity (Wildman–Crippen MR) is 107 cm³/mol. The first-order chi connectivity index (χ1) is 13.2. The molecule has 1 saturated carbocycles. The van der Waals surface area contributed by atoms with Gasteiger partial charge in [0.2, 0.25) is 5.91 Å². The highest BCUT2D eigenvalue weighted by Crippen LogP contribution is 2.28. The van der Waals surface area contributed by atoms with E-state index in [4.69, 9.17) is 0 Å². The van der Waals surface area contributed by atoms with E-state index >= 15 is 0 Å². The fourth-order valence-corrected chi connectivity index (χ4v) is 4.74. The Hall–Kier alpha value is -2.01. The van der Waals surface area contributed by atoms with Crippen molar-refractivity contribution in [3.05, 3.63) is 36.2 Å². The highest BCUT2D eigenvalue weighted by Gasteiger charge is 2.27. The van der Waals surface area contributed by atoms with Crippen LogP contribution in [-0.4, -0.2) is 58.9 Å². The SMILES string of the molecule is CN1CCN(C(=O)CC2CCCC2)C[C@H](Cc2ccnc3cccnc23)C1. The number of carbonyl (C=O) groups is 1. The highest BCUT2D eigenvalue weighted by molar-refractivity contribution is 5.77. The van der Waals surface area contributed by atoms with Gasteiger partial charge in [0.15, 0.2) is 0 Å². The van der Waals surface area contributed by atoms with E-state index in [2.05, 4.69) is 32.9 Å². The van der Waals surface area contributed by atoms with Crippen LogP contribution in [0.5, 0.6) is 0 Å². The van der Waals surface area contributed by atoms with Crippen molar-refractivity contribution in [3.8, 4) is 0 Å². The Bertz CT molecular complexity index is 781. The summed E-state index contributed by atoms with van der Waals surface area (Å²) in [5, 5.41) is 0. The molecule has 5 nitrogen and oxygen atoms in total. The lowest BCUT2D eigenvalue weighted by molar-refractivity contribution is -0.132. The first-order valence-electron chi connectivity index (χ1n) is 10.3. The Morgan fingerprint density at radius 1 is 1.07 bits per heavy atom. The van der Waals surface area contributed by atoms with Crippen LogP contribution >= 0.6 is 0 Å². The van der Waals surface area contributed by atoms with Crippen LogP contribution in [0.4, 0.5) is 0 Å². The van der Waals surface area contributed by atoms with Crippen molar-refractivity contribution in [2.45, 2.75) is 38.5 Å². The molecule has 2 aromatic heterocycles. The van der Waals surface area contributed by atoms with E-state index in [1.165, 1.54) is 31.2 Å². The lowest BCUT2D eigenvalue weighted by Gasteiger charge is -2.25. The minimum absolute atomic E-state index is 0.361. The van der Waals surface area contributed by atoms with E-state index in [9.17, 15) is 4.79 Å². The summed E-state index contributed by atoms with van der Waals surface area (Å²) >= 11 is 0. The summed E-state index contributed by atoms with van der Waals surface area (Å²) in [7, 11) is 2.17. The Balaban J connectivity index is 1.48. The molecule has 1 amide bonds. The van der Waals surface area contributed by atoms with Gasteiger partial charge in [-0.1, -0.05) is 12.8 Å². The molecule has 0 N–H and O–H groups in total.